The molecule has 1 aromatic carbocycles. The summed E-state index contributed by atoms with van der Waals surface area (Å²) >= 11 is 12.5. The zero-order chi connectivity index (χ0) is 19.0. The lowest BCUT2D eigenvalue weighted by Gasteiger charge is -2.30. The maximum Gasteiger partial charge on any atom is 0.338 e. The Labute approximate surface area is 166 Å². The first-order chi connectivity index (χ1) is 13.0. The van der Waals surface area contributed by atoms with Gasteiger partial charge in [0.2, 0.25) is 5.95 Å². The second-order valence-corrected chi connectivity index (χ2v) is 7.69. The molecule has 0 saturated heterocycles. The summed E-state index contributed by atoms with van der Waals surface area (Å²) in [6, 6.07) is 4.57. The summed E-state index contributed by atoms with van der Waals surface area (Å²) in [4.78, 5) is 13.1. The van der Waals surface area contributed by atoms with E-state index in [0.29, 0.717) is 32.8 Å². The Morgan fingerprint density at radius 1 is 1.26 bits per heavy atom. The lowest BCUT2D eigenvalue weighted by Crippen LogP contribution is -2.32. The molecule has 1 aliphatic heterocycles. The van der Waals surface area contributed by atoms with Gasteiger partial charge in [-0.3, -0.25) is 0 Å². The van der Waals surface area contributed by atoms with E-state index in [0.717, 1.165) is 25.7 Å². The number of benzene rings is 1. The van der Waals surface area contributed by atoms with Gasteiger partial charge in [0.1, 0.15) is 12.1 Å². The Balaban J connectivity index is 1.73. The molecule has 9 heteroatoms. The summed E-state index contributed by atoms with van der Waals surface area (Å²) in [6.07, 6.45) is 5.09. The molecule has 1 N–H and O–H groups in total. The summed E-state index contributed by atoms with van der Waals surface area (Å²) in [5.41, 5.74) is 1.78. The molecular formula is C18H19Cl2N5O2. The highest BCUT2D eigenvalue weighted by Gasteiger charge is 2.37. The summed E-state index contributed by atoms with van der Waals surface area (Å²) in [5.74, 6) is 0.0711. The second-order valence-electron chi connectivity index (χ2n) is 6.84. The molecule has 1 atom stereocenters. The van der Waals surface area contributed by atoms with Gasteiger partial charge in [0.25, 0.3) is 0 Å². The molecule has 1 unspecified atom stereocenters. The number of esters is 1. The number of allylic oxidation sites excluding steroid dienone is 1. The van der Waals surface area contributed by atoms with Gasteiger partial charge in [0.05, 0.1) is 5.57 Å². The van der Waals surface area contributed by atoms with Crippen LogP contribution in [0.15, 0.2) is 29.5 Å². The van der Waals surface area contributed by atoms with Gasteiger partial charge in [-0.25, -0.2) is 4.79 Å². The van der Waals surface area contributed by atoms with E-state index >= 15 is 0 Å². The number of carbonyl (C=O) groups excluding carboxylic acids is 1. The highest BCUT2D eigenvalue weighted by Crippen LogP contribution is 2.39. The quantitative estimate of drug-likeness (QED) is 0.769. The number of aromatic nitrogens is 4. The van der Waals surface area contributed by atoms with Crippen molar-refractivity contribution in [1.82, 2.24) is 20.2 Å². The van der Waals surface area contributed by atoms with E-state index in [4.69, 9.17) is 27.9 Å². The molecule has 7 nitrogen and oxygen atoms in total. The molecule has 0 radical (unpaired) electrons. The Morgan fingerprint density at radius 2 is 2.04 bits per heavy atom. The number of nitrogens with zero attached hydrogens (tertiary/aromatic N) is 4. The third-order valence-electron chi connectivity index (χ3n) is 5.02. The Bertz CT molecular complexity index is 905. The van der Waals surface area contributed by atoms with Crippen molar-refractivity contribution in [2.24, 2.45) is 0 Å². The van der Waals surface area contributed by atoms with Crippen LogP contribution in [-0.4, -0.2) is 32.3 Å². The average Bonchev–Trinajstić information content (AvgIpc) is 3.09. The van der Waals surface area contributed by atoms with E-state index in [1.165, 1.54) is 6.42 Å². The van der Waals surface area contributed by atoms with Crippen molar-refractivity contribution in [3.05, 3.63) is 45.1 Å². The minimum atomic E-state index is -0.586. The normalized spacial score (nSPS) is 20.2. The van der Waals surface area contributed by atoms with Gasteiger partial charge in [-0.1, -0.05) is 40.8 Å². The van der Waals surface area contributed by atoms with Gasteiger partial charge in [-0.2, -0.15) is 4.68 Å². The minimum Gasteiger partial charge on any atom is -0.459 e. The molecule has 4 rings (SSSR count). The molecule has 2 aliphatic rings. The van der Waals surface area contributed by atoms with Crippen LogP contribution in [-0.2, 0) is 9.53 Å². The zero-order valence-electron chi connectivity index (χ0n) is 14.8. The first-order valence-corrected chi connectivity index (χ1v) is 9.72. The first kappa shape index (κ1) is 18.3. The van der Waals surface area contributed by atoms with Crippen molar-refractivity contribution >= 4 is 35.1 Å². The monoisotopic (exact) mass is 407 g/mol. The van der Waals surface area contributed by atoms with E-state index in [2.05, 4.69) is 20.8 Å². The van der Waals surface area contributed by atoms with Crippen LogP contribution in [0.25, 0.3) is 0 Å². The van der Waals surface area contributed by atoms with E-state index < -0.39 is 6.04 Å². The fourth-order valence-corrected chi connectivity index (χ4v) is 4.20. The van der Waals surface area contributed by atoms with Crippen molar-refractivity contribution in [3.63, 3.8) is 0 Å². The summed E-state index contributed by atoms with van der Waals surface area (Å²) in [6.45, 7) is 1.81. The van der Waals surface area contributed by atoms with Gasteiger partial charge in [0.15, 0.2) is 0 Å². The van der Waals surface area contributed by atoms with Crippen LogP contribution in [0.4, 0.5) is 5.95 Å². The fraction of sp³-hybridized carbons (Fsp3) is 0.444. The van der Waals surface area contributed by atoms with E-state index in [1.54, 1.807) is 22.9 Å². The lowest BCUT2D eigenvalue weighted by molar-refractivity contribution is -0.146. The predicted molar refractivity (Wildman–Crippen MR) is 102 cm³/mol. The van der Waals surface area contributed by atoms with Crippen LogP contribution >= 0.6 is 23.2 Å². The minimum absolute atomic E-state index is 0.0526. The van der Waals surface area contributed by atoms with Crippen LogP contribution in [0.3, 0.4) is 0 Å². The Kier molecular flexibility index (Phi) is 5.06. The average molecular weight is 408 g/mol. The maximum absolute atomic E-state index is 13.1. The lowest BCUT2D eigenvalue weighted by atomic mass is 9.95. The highest BCUT2D eigenvalue weighted by atomic mass is 35.5. The van der Waals surface area contributed by atoms with E-state index in [-0.39, 0.29) is 12.1 Å². The molecule has 27 heavy (non-hydrogen) atoms. The predicted octanol–water partition coefficient (Wildman–Crippen LogP) is 4.14. The summed E-state index contributed by atoms with van der Waals surface area (Å²) < 4.78 is 7.36. The fourth-order valence-electron chi connectivity index (χ4n) is 3.69. The Morgan fingerprint density at radius 3 is 2.78 bits per heavy atom. The number of hydrogen-bond donors (Lipinski definition) is 1. The number of carbonyl (C=O) groups is 1. The molecule has 1 aromatic heterocycles. The molecule has 0 bridgehead atoms. The number of rotatable bonds is 3. The number of nitrogens with one attached hydrogen (secondary N) is 1. The molecule has 0 amide bonds. The highest BCUT2D eigenvalue weighted by molar-refractivity contribution is 6.35. The molecule has 2 aromatic rings. The zero-order valence-corrected chi connectivity index (χ0v) is 16.3. The standard InChI is InChI=1S/C18H19Cl2N5O2/c1-10-15(17(26)27-12-5-3-2-4-6-12)16(25-18(21-10)22-23-24-25)13-8-7-11(19)9-14(13)20/h7-9,12,16H,2-6H2,1H3,(H,21,22,24). The summed E-state index contributed by atoms with van der Waals surface area (Å²) in [5, 5.41) is 15.8. The maximum atomic E-state index is 13.1. The number of halogens is 2. The van der Waals surface area contributed by atoms with Crippen molar-refractivity contribution < 1.29 is 9.53 Å². The van der Waals surface area contributed by atoms with Gasteiger partial charge in [-0.05, 0) is 55.2 Å². The molecule has 0 spiro atoms. The van der Waals surface area contributed by atoms with Crippen molar-refractivity contribution in [2.45, 2.75) is 51.2 Å². The van der Waals surface area contributed by atoms with Gasteiger partial charge in [-0.15, -0.1) is 0 Å². The Hall–Kier alpha value is -2.12. The van der Waals surface area contributed by atoms with Crippen LogP contribution in [0.1, 0.15) is 50.6 Å². The van der Waals surface area contributed by atoms with Gasteiger partial charge >= 0.3 is 5.97 Å². The number of hydrogen-bond acceptors (Lipinski definition) is 6. The number of ether oxygens (including phenoxy) is 1. The van der Waals surface area contributed by atoms with E-state index in [9.17, 15) is 4.79 Å². The van der Waals surface area contributed by atoms with Gasteiger partial charge in [0, 0.05) is 21.3 Å². The number of fused-ring (bicyclic) bond motifs is 1. The number of tetrazole rings is 1. The van der Waals surface area contributed by atoms with E-state index in [1.807, 2.05) is 6.92 Å². The molecule has 142 valence electrons. The van der Waals surface area contributed by atoms with Crippen LogP contribution in [0.5, 0.6) is 0 Å². The second kappa shape index (κ2) is 7.48. The van der Waals surface area contributed by atoms with Crippen LogP contribution < -0.4 is 5.32 Å². The molecule has 1 aliphatic carbocycles. The van der Waals surface area contributed by atoms with Crippen LogP contribution in [0.2, 0.25) is 10.0 Å². The first-order valence-electron chi connectivity index (χ1n) is 8.96. The van der Waals surface area contributed by atoms with Crippen molar-refractivity contribution in [1.29, 1.82) is 0 Å². The molecule has 1 saturated carbocycles. The van der Waals surface area contributed by atoms with Crippen molar-refractivity contribution in [2.75, 3.05) is 5.32 Å². The summed E-state index contributed by atoms with van der Waals surface area (Å²) in [7, 11) is 0. The third-order valence-corrected chi connectivity index (χ3v) is 5.58. The topological polar surface area (TPSA) is 81.9 Å². The molecular weight excluding hydrogens is 389 g/mol. The smallest absolute Gasteiger partial charge is 0.338 e. The van der Waals surface area contributed by atoms with Crippen LogP contribution in [0, 0.1) is 0 Å². The van der Waals surface area contributed by atoms with Gasteiger partial charge < -0.3 is 10.1 Å². The SMILES string of the molecule is CC1=C(C(=O)OC2CCCCC2)C(c2ccc(Cl)cc2Cl)n2nnnc2N1. The van der Waals surface area contributed by atoms with Crippen molar-refractivity contribution in [3.8, 4) is 0 Å². The third kappa shape index (κ3) is 3.53. The molecule has 2 heterocycles. The molecule has 1 fully saturated rings. The largest absolute Gasteiger partial charge is 0.459 e. The number of anilines is 1.